The van der Waals surface area contributed by atoms with Gasteiger partial charge in [-0.1, -0.05) is 24.3 Å². The first-order valence-electron chi connectivity index (χ1n) is 8.26. The molecule has 1 saturated heterocycles. The van der Waals surface area contributed by atoms with Gasteiger partial charge < -0.3 is 4.90 Å². The van der Waals surface area contributed by atoms with Gasteiger partial charge in [0.25, 0.3) is 0 Å². The normalized spacial score (nSPS) is 18.8. The van der Waals surface area contributed by atoms with Crippen LogP contribution in [0.5, 0.6) is 0 Å². The molecule has 2 aromatic carbocycles. The van der Waals surface area contributed by atoms with Gasteiger partial charge in [-0.05, 0) is 43.7 Å². The van der Waals surface area contributed by atoms with Crippen LogP contribution in [0.25, 0.3) is 0 Å². The van der Waals surface area contributed by atoms with Crippen LogP contribution in [-0.2, 0) is 10.0 Å². The summed E-state index contributed by atoms with van der Waals surface area (Å²) in [6.45, 7) is 5.50. The van der Waals surface area contributed by atoms with Crippen molar-refractivity contribution in [3.63, 3.8) is 0 Å². The molecule has 0 radical (unpaired) electrons. The average Bonchev–Trinajstić information content (AvgIpc) is 2.61. The number of hydrogen-bond donors (Lipinski definition) is 0. The van der Waals surface area contributed by atoms with Crippen LogP contribution in [0.1, 0.15) is 18.1 Å². The first kappa shape index (κ1) is 17.5. The summed E-state index contributed by atoms with van der Waals surface area (Å²) in [5.41, 5.74) is 2.49. The lowest BCUT2D eigenvalue weighted by molar-refractivity contribution is 0.342. The molecule has 1 unspecified atom stereocenters. The zero-order chi connectivity index (χ0) is 18.0. The van der Waals surface area contributed by atoms with Crippen LogP contribution in [0, 0.1) is 18.3 Å². The predicted octanol–water partition coefficient (Wildman–Crippen LogP) is 2.77. The zero-order valence-corrected chi connectivity index (χ0v) is 15.2. The van der Waals surface area contributed by atoms with Gasteiger partial charge >= 0.3 is 0 Å². The molecular formula is C19H21N3O2S. The topological polar surface area (TPSA) is 64.4 Å². The molecule has 3 rings (SSSR count). The van der Waals surface area contributed by atoms with Crippen molar-refractivity contribution < 1.29 is 8.42 Å². The predicted molar refractivity (Wildman–Crippen MR) is 97.9 cm³/mol. The van der Waals surface area contributed by atoms with Crippen molar-refractivity contribution in [3.05, 3.63) is 59.7 Å². The summed E-state index contributed by atoms with van der Waals surface area (Å²) in [5, 5.41) is 9.21. The Kier molecular flexibility index (Phi) is 4.80. The Balaban J connectivity index is 1.84. The number of nitrogens with zero attached hydrogens (tertiary/aromatic N) is 3. The highest BCUT2D eigenvalue weighted by molar-refractivity contribution is 7.89. The van der Waals surface area contributed by atoms with Gasteiger partial charge in [-0.15, -0.1) is 0 Å². The molecule has 1 heterocycles. The van der Waals surface area contributed by atoms with Crippen molar-refractivity contribution in [3.8, 4) is 6.07 Å². The Hall–Kier alpha value is -2.36. The SMILES string of the molecule is Cc1cccc(N2CCN(S(=O)(=O)c3ccccc3C#N)CC2C)c1. The van der Waals surface area contributed by atoms with Gasteiger partial charge in [0, 0.05) is 31.4 Å². The molecule has 0 saturated carbocycles. The summed E-state index contributed by atoms with van der Waals surface area (Å²) in [4.78, 5) is 2.32. The Morgan fingerprint density at radius 2 is 1.88 bits per heavy atom. The lowest BCUT2D eigenvalue weighted by Crippen LogP contribution is -2.53. The van der Waals surface area contributed by atoms with E-state index in [1.807, 2.05) is 32.0 Å². The average molecular weight is 355 g/mol. The van der Waals surface area contributed by atoms with Crippen LogP contribution in [-0.4, -0.2) is 38.4 Å². The maximum Gasteiger partial charge on any atom is 0.244 e. The van der Waals surface area contributed by atoms with E-state index in [0.717, 1.165) is 5.69 Å². The van der Waals surface area contributed by atoms with Gasteiger partial charge in [0.05, 0.1) is 10.5 Å². The van der Waals surface area contributed by atoms with Crippen LogP contribution in [0.3, 0.4) is 0 Å². The molecule has 1 atom stereocenters. The number of nitriles is 1. The third-order valence-electron chi connectivity index (χ3n) is 4.55. The molecule has 0 N–H and O–H groups in total. The standard InChI is InChI=1S/C19H21N3O2S/c1-15-6-5-8-18(12-15)22-11-10-21(14-16(22)2)25(23,24)19-9-4-3-7-17(19)13-20/h3-9,12,16H,10-11,14H2,1-2H3. The van der Waals surface area contributed by atoms with Crippen molar-refractivity contribution in [2.75, 3.05) is 24.5 Å². The van der Waals surface area contributed by atoms with Gasteiger partial charge in [-0.3, -0.25) is 0 Å². The highest BCUT2D eigenvalue weighted by Gasteiger charge is 2.33. The maximum absolute atomic E-state index is 13.0. The second-order valence-corrected chi connectivity index (χ2v) is 8.26. The molecule has 130 valence electrons. The summed E-state index contributed by atoms with van der Waals surface area (Å²) in [7, 11) is -3.67. The van der Waals surface area contributed by atoms with Crippen molar-refractivity contribution in [1.29, 1.82) is 5.26 Å². The molecule has 1 fully saturated rings. The van der Waals surface area contributed by atoms with E-state index >= 15 is 0 Å². The molecule has 5 nitrogen and oxygen atoms in total. The zero-order valence-electron chi connectivity index (χ0n) is 14.4. The lowest BCUT2D eigenvalue weighted by Gasteiger charge is -2.40. The fourth-order valence-corrected chi connectivity index (χ4v) is 4.91. The van der Waals surface area contributed by atoms with E-state index in [4.69, 9.17) is 0 Å². The minimum absolute atomic E-state index is 0.0552. The minimum Gasteiger partial charge on any atom is -0.366 e. The van der Waals surface area contributed by atoms with Crippen LogP contribution >= 0.6 is 0 Å². The third kappa shape index (κ3) is 3.39. The summed E-state index contributed by atoms with van der Waals surface area (Å²) >= 11 is 0. The van der Waals surface area contributed by atoms with Crippen LogP contribution in [0.4, 0.5) is 5.69 Å². The molecule has 1 aliphatic heterocycles. The highest BCUT2D eigenvalue weighted by Crippen LogP contribution is 2.26. The molecule has 25 heavy (non-hydrogen) atoms. The fourth-order valence-electron chi connectivity index (χ4n) is 3.26. The molecule has 2 aromatic rings. The highest BCUT2D eigenvalue weighted by atomic mass is 32.2. The van der Waals surface area contributed by atoms with Crippen LogP contribution < -0.4 is 4.90 Å². The number of benzene rings is 2. The molecule has 1 aliphatic rings. The molecular weight excluding hydrogens is 334 g/mol. The van der Waals surface area contributed by atoms with E-state index in [9.17, 15) is 13.7 Å². The largest absolute Gasteiger partial charge is 0.366 e. The number of aryl methyl sites for hydroxylation is 1. The second kappa shape index (κ2) is 6.87. The molecule has 0 bridgehead atoms. The Morgan fingerprint density at radius 1 is 1.12 bits per heavy atom. The van der Waals surface area contributed by atoms with E-state index in [2.05, 4.69) is 17.0 Å². The van der Waals surface area contributed by atoms with Gasteiger partial charge in [0.2, 0.25) is 10.0 Å². The van der Waals surface area contributed by atoms with Gasteiger partial charge in [-0.25, -0.2) is 8.42 Å². The molecule has 0 aliphatic carbocycles. The molecule has 0 amide bonds. The fraction of sp³-hybridized carbons (Fsp3) is 0.316. The first-order chi connectivity index (χ1) is 11.9. The summed E-state index contributed by atoms with van der Waals surface area (Å²) in [6, 6.07) is 16.6. The van der Waals surface area contributed by atoms with Crippen molar-refractivity contribution in [2.24, 2.45) is 0 Å². The minimum atomic E-state index is -3.67. The number of piperazine rings is 1. The van der Waals surface area contributed by atoms with Crippen LogP contribution in [0.15, 0.2) is 53.4 Å². The van der Waals surface area contributed by atoms with E-state index in [0.29, 0.717) is 19.6 Å². The third-order valence-corrected chi connectivity index (χ3v) is 6.47. The first-order valence-corrected chi connectivity index (χ1v) is 9.70. The Bertz CT molecular complexity index is 918. The van der Waals surface area contributed by atoms with Crippen molar-refractivity contribution in [2.45, 2.75) is 24.8 Å². The van der Waals surface area contributed by atoms with Gasteiger partial charge in [-0.2, -0.15) is 9.57 Å². The molecule has 0 aromatic heterocycles. The Labute approximate surface area is 149 Å². The van der Waals surface area contributed by atoms with E-state index in [-0.39, 0.29) is 16.5 Å². The quantitative estimate of drug-likeness (QED) is 0.849. The van der Waals surface area contributed by atoms with Crippen molar-refractivity contribution >= 4 is 15.7 Å². The van der Waals surface area contributed by atoms with Gasteiger partial charge in [0.1, 0.15) is 6.07 Å². The van der Waals surface area contributed by atoms with Crippen molar-refractivity contribution in [1.82, 2.24) is 4.31 Å². The van der Waals surface area contributed by atoms with Gasteiger partial charge in [0.15, 0.2) is 0 Å². The number of hydrogen-bond acceptors (Lipinski definition) is 4. The monoisotopic (exact) mass is 355 g/mol. The number of rotatable bonds is 3. The maximum atomic E-state index is 13.0. The lowest BCUT2D eigenvalue weighted by atomic mass is 10.1. The number of sulfonamides is 1. The molecule has 6 heteroatoms. The number of anilines is 1. The smallest absolute Gasteiger partial charge is 0.244 e. The van der Waals surface area contributed by atoms with E-state index < -0.39 is 10.0 Å². The summed E-state index contributed by atoms with van der Waals surface area (Å²) in [6.07, 6.45) is 0. The summed E-state index contributed by atoms with van der Waals surface area (Å²) in [5.74, 6) is 0. The van der Waals surface area contributed by atoms with E-state index in [1.165, 1.54) is 15.9 Å². The molecule has 0 spiro atoms. The summed E-state index contributed by atoms with van der Waals surface area (Å²) < 4.78 is 27.4. The van der Waals surface area contributed by atoms with Crippen LogP contribution in [0.2, 0.25) is 0 Å². The van der Waals surface area contributed by atoms with E-state index in [1.54, 1.807) is 18.2 Å². The Morgan fingerprint density at radius 3 is 2.56 bits per heavy atom. The second-order valence-electron chi connectivity index (χ2n) is 6.35.